The molecule has 37 heavy (non-hydrogen) atoms. The summed E-state index contributed by atoms with van der Waals surface area (Å²) in [6.07, 6.45) is -7.92. The number of nitriles is 2. The van der Waals surface area contributed by atoms with E-state index in [1.54, 1.807) is 0 Å². The van der Waals surface area contributed by atoms with Crippen LogP contribution in [0, 0.1) is 35.5 Å². The summed E-state index contributed by atoms with van der Waals surface area (Å²) in [6.45, 7) is 13.7. The Morgan fingerprint density at radius 2 is 1.49 bits per heavy atom. The highest BCUT2D eigenvalue weighted by Crippen LogP contribution is 2.36. The lowest BCUT2D eigenvalue weighted by molar-refractivity contribution is -0.165. The molecule has 0 spiro atoms. The topological polar surface area (TPSA) is 47.6 Å². The number of alkyl halides is 6. The number of benzene rings is 2. The van der Waals surface area contributed by atoms with Gasteiger partial charge >= 0.3 is 12.4 Å². The van der Waals surface area contributed by atoms with Crippen LogP contribution in [0.15, 0.2) is 61.2 Å². The third-order valence-electron chi connectivity index (χ3n) is 4.79. The Bertz CT molecular complexity index is 1120. The zero-order valence-corrected chi connectivity index (χ0v) is 22.3. The van der Waals surface area contributed by atoms with Gasteiger partial charge in [0.15, 0.2) is 0 Å². The Morgan fingerprint density at radius 3 is 1.92 bits per heavy atom. The highest BCUT2D eigenvalue weighted by atomic mass is 31.1. The summed E-state index contributed by atoms with van der Waals surface area (Å²) in [5, 5.41) is 20.0. The van der Waals surface area contributed by atoms with Crippen molar-refractivity contribution in [3.05, 3.63) is 77.9 Å². The minimum absolute atomic E-state index is 0.441. The van der Waals surface area contributed by atoms with Crippen LogP contribution >= 0.6 is 8.58 Å². The number of hydrogen-bond donors (Lipinski definition) is 0. The van der Waals surface area contributed by atoms with Crippen LogP contribution in [-0.4, -0.2) is 18.5 Å². The first-order valence-electron chi connectivity index (χ1n) is 11.4. The molecule has 2 nitrogen and oxygen atoms in total. The largest absolute Gasteiger partial charge is 0.412 e. The maximum atomic E-state index is 12.0. The summed E-state index contributed by atoms with van der Waals surface area (Å²) >= 11 is 0. The van der Waals surface area contributed by atoms with Crippen LogP contribution in [0.4, 0.5) is 26.3 Å². The van der Waals surface area contributed by atoms with Gasteiger partial charge in [0.1, 0.15) is 12.1 Å². The van der Waals surface area contributed by atoms with Gasteiger partial charge in [0.05, 0.1) is 17.0 Å². The second-order valence-electron chi connectivity index (χ2n) is 7.88. The molecular formula is C28H31F6N2P. The van der Waals surface area contributed by atoms with Gasteiger partial charge in [-0.05, 0) is 35.9 Å². The zero-order chi connectivity index (χ0) is 28.8. The van der Waals surface area contributed by atoms with Crippen LogP contribution in [-0.2, 0) is 0 Å². The van der Waals surface area contributed by atoms with E-state index in [2.05, 4.69) is 52.1 Å². The average Bonchev–Trinajstić information content (AvgIpc) is 2.82. The van der Waals surface area contributed by atoms with E-state index in [0.29, 0.717) is 25.8 Å². The van der Waals surface area contributed by atoms with Crippen LogP contribution in [0.2, 0.25) is 0 Å². The number of aryl methyl sites for hydroxylation is 1. The van der Waals surface area contributed by atoms with Crippen molar-refractivity contribution in [2.45, 2.75) is 52.9 Å². The Kier molecular flexibility index (Phi) is 14.6. The monoisotopic (exact) mass is 540 g/mol. The van der Waals surface area contributed by atoms with E-state index in [4.69, 9.17) is 0 Å². The maximum absolute atomic E-state index is 12.0. The summed E-state index contributed by atoms with van der Waals surface area (Å²) in [4.78, 5) is 0. The lowest BCUT2D eigenvalue weighted by Crippen LogP contribution is -2.24. The third kappa shape index (κ3) is 10.8. The van der Waals surface area contributed by atoms with E-state index in [0.717, 1.165) is 22.9 Å². The lowest BCUT2D eigenvalue weighted by Gasteiger charge is -2.18. The van der Waals surface area contributed by atoms with Crippen molar-refractivity contribution >= 4 is 13.9 Å². The molecule has 0 N–H and O–H groups in total. The fraction of sp³-hybridized carbons (Fsp3) is 0.357. The first kappa shape index (κ1) is 33.9. The first-order valence-corrected chi connectivity index (χ1v) is 12.6. The fourth-order valence-corrected chi connectivity index (χ4v) is 3.97. The first-order chi connectivity index (χ1) is 17.2. The molecule has 0 aliphatic heterocycles. The molecule has 0 fully saturated rings. The minimum atomic E-state index is -4.79. The molecule has 200 valence electrons. The fourth-order valence-electron chi connectivity index (χ4n) is 2.97. The second-order valence-corrected chi connectivity index (χ2v) is 9.48. The van der Waals surface area contributed by atoms with Gasteiger partial charge in [-0.3, -0.25) is 0 Å². The van der Waals surface area contributed by atoms with Gasteiger partial charge in [-0.1, -0.05) is 84.8 Å². The van der Waals surface area contributed by atoms with Crippen molar-refractivity contribution < 1.29 is 26.3 Å². The summed E-state index contributed by atoms with van der Waals surface area (Å²) in [5.74, 6) is -2.20. The highest BCUT2D eigenvalue weighted by Gasteiger charge is 2.42. The van der Waals surface area contributed by atoms with Crippen molar-refractivity contribution in [2.75, 3.05) is 6.16 Å². The van der Waals surface area contributed by atoms with E-state index < -0.39 is 30.3 Å². The predicted molar refractivity (Wildman–Crippen MR) is 140 cm³/mol. The van der Waals surface area contributed by atoms with Crippen molar-refractivity contribution in [1.29, 1.82) is 10.5 Å². The van der Waals surface area contributed by atoms with Gasteiger partial charge < -0.3 is 0 Å². The number of rotatable bonds is 6. The van der Waals surface area contributed by atoms with Gasteiger partial charge in [0.2, 0.25) is 0 Å². The molecule has 2 rings (SSSR count). The molecule has 2 unspecified atom stereocenters. The summed E-state index contributed by atoms with van der Waals surface area (Å²) in [5.41, 5.74) is 2.36. The lowest BCUT2D eigenvalue weighted by atomic mass is 9.93. The van der Waals surface area contributed by atoms with E-state index in [1.807, 2.05) is 37.3 Å². The average molecular weight is 541 g/mol. The molecule has 9 heteroatoms. The van der Waals surface area contributed by atoms with Crippen molar-refractivity contribution in [1.82, 2.24) is 0 Å². The molecule has 0 heterocycles. The molecular weight excluding hydrogens is 509 g/mol. The van der Waals surface area contributed by atoms with Crippen LogP contribution in [0.1, 0.15) is 50.3 Å². The third-order valence-corrected chi connectivity index (χ3v) is 5.96. The summed E-state index contributed by atoms with van der Waals surface area (Å²) in [7, 11) is 0.712. The van der Waals surface area contributed by atoms with E-state index >= 15 is 0 Å². The molecule has 0 radical (unpaired) electrons. The molecule has 0 aliphatic rings. The normalized spacial score (nSPS) is 11.8. The number of halogens is 6. The van der Waals surface area contributed by atoms with Gasteiger partial charge in [-0.15, -0.1) is 6.58 Å². The molecule has 2 atom stereocenters. The van der Waals surface area contributed by atoms with Crippen LogP contribution < -0.4 is 5.30 Å². The molecule has 0 saturated carbocycles. The SMILES string of the molecule is C=CC(CC(=C)C(F)(F)F)C(F)(F)F.CCC.CCPc1ccccc1-c1ccc(C)c(C#N)c1C#N. The summed E-state index contributed by atoms with van der Waals surface area (Å²) in [6, 6.07) is 16.4. The van der Waals surface area contributed by atoms with Crippen molar-refractivity contribution in [3.8, 4) is 23.3 Å². The van der Waals surface area contributed by atoms with Crippen LogP contribution in [0.5, 0.6) is 0 Å². The van der Waals surface area contributed by atoms with Crippen molar-refractivity contribution in [2.24, 2.45) is 5.92 Å². The summed E-state index contributed by atoms with van der Waals surface area (Å²) < 4.78 is 71.5. The molecule has 0 aliphatic carbocycles. The van der Waals surface area contributed by atoms with Crippen LogP contribution in [0.25, 0.3) is 11.1 Å². The second kappa shape index (κ2) is 15.9. The maximum Gasteiger partial charge on any atom is 0.412 e. The number of hydrogen-bond acceptors (Lipinski definition) is 2. The quantitative estimate of drug-likeness (QED) is 0.209. The van der Waals surface area contributed by atoms with Gasteiger partial charge in [-0.2, -0.15) is 36.9 Å². The van der Waals surface area contributed by atoms with E-state index in [-0.39, 0.29) is 0 Å². The molecule has 0 aromatic heterocycles. The highest BCUT2D eigenvalue weighted by molar-refractivity contribution is 7.47. The van der Waals surface area contributed by atoms with Crippen molar-refractivity contribution in [3.63, 3.8) is 0 Å². The number of nitrogens with zero attached hydrogens (tertiary/aromatic N) is 2. The number of allylic oxidation sites excluding steroid dienone is 2. The Morgan fingerprint density at radius 1 is 0.946 bits per heavy atom. The Labute approximate surface area is 217 Å². The van der Waals surface area contributed by atoms with E-state index in [1.165, 1.54) is 11.7 Å². The van der Waals surface area contributed by atoms with Crippen LogP contribution in [0.3, 0.4) is 0 Å². The van der Waals surface area contributed by atoms with E-state index in [9.17, 15) is 36.9 Å². The molecule has 0 amide bonds. The van der Waals surface area contributed by atoms with Gasteiger partial charge in [0.25, 0.3) is 0 Å². The predicted octanol–water partition coefficient (Wildman–Crippen LogP) is 9.00. The molecule has 0 saturated heterocycles. The van der Waals surface area contributed by atoms with Gasteiger partial charge in [0, 0.05) is 11.1 Å². The molecule has 0 bridgehead atoms. The molecule has 2 aromatic carbocycles. The molecule has 2 aromatic rings. The standard InChI is InChI=1S/C17H15N2P.C8H8F6.C3H8/c1-3-20-17-7-5-4-6-14(17)13-9-8-12(2)15(10-18)16(13)11-19;1-3-6(8(12,13)14)4-5(2)7(9,10)11;1-3-2/h4-9,20H,3H2,1-2H3;3,6H,1-2,4H2;3H2,1-2H3. The minimum Gasteiger partial charge on any atom is -0.192 e. The Balaban J connectivity index is 0.000000669. The van der Waals surface area contributed by atoms with Gasteiger partial charge in [-0.25, -0.2) is 0 Å². The zero-order valence-electron chi connectivity index (χ0n) is 21.3. The Hall–Kier alpha value is -3.09. The smallest absolute Gasteiger partial charge is 0.192 e.